The molecule has 0 aliphatic heterocycles. The summed E-state index contributed by atoms with van der Waals surface area (Å²) >= 11 is 0. The molecule has 0 aromatic rings. The Kier molecular flexibility index (Phi) is 4.10. The molecule has 5 nitrogen and oxygen atoms in total. The molecule has 1 aliphatic carbocycles. The number of carbonyl (C=O) groups is 2. The summed E-state index contributed by atoms with van der Waals surface area (Å²) in [5, 5.41) is 11.4. The van der Waals surface area contributed by atoms with Crippen LogP contribution in [0.4, 0.5) is 4.79 Å². The van der Waals surface area contributed by atoms with Crippen molar-refractivity contribution in [2.24, 2.45) is 11.8 Å². The van der Waals surface area contributed by atoms with Gasteiger partial charge in [0.05, 0.1) is 7.11 Å². The van der Waals surface area contributed by atoms with Gasteiger partial charge in [0.15, 0.2) is 0 Å². The van der Waals surface area contributed by atoms with Crippen LogP contribution in [-0.2, 0) is 9.53 Å². The number of allylic oxidation sites excluding steroid dienone is 3. The van der Waals surface area contributed by atoms with Crippen molar-refractivity contribution in [3.8, 4) is 0 Å². The van der Waals surface area contributed by atoms with Crippen LogP contribution in [-0.4, -0.2) is 30.3 Å². The fourth-order valence-corrected chi connectivity index (χ4v) is 1.66. The van der Waals surface area contributed by atoms with Gasteiger partial charge in [-0.3, -0.25) is 0 Å². The van der Waals surface area contributed by atoms with Gasteiger partial charge in [0.25, 0.3) is 0 Å². The number of carboxylic acids is 1. The van der Waals surface area contributed by atoms with E-state index in [2.05, 4.69) is 10.1 Å². The van der Waals surface area contributed by atoms with E-state index in [4.69, 9.17) is 5.11 Å². The summed E-state index contributed by atoms with van der Waals surface area (Å²) in [7, 11) is 1.20. The van der Waals surface area contributed by atoms with E-state index in [1.54, 1.807) is 12.2 Å². The first-order valence-electron chi connectivity index (χ1n) is 4.98. The van der Waals surface area contributed by atoms with E-state index < -0.39 is 18.1 Å². The van der Waals surface area contributed by atoms with Crippen LogP contribution < -0.4 is 5.32 Å². The zero-order chi connectivity index (χ0) is 12.1. The molecule has 0 aromatic carbocycles. The maximum absolute atomic E-state index is 11.1. The van der Waals surface area contributed by atoms with Gasteiger partial charge in [-0.1, -0.05) is 31.2 Å². The van der Waals surface area contributed by atoms with E-state index in [9.17, 15) is 9.59 Å². The lowest BCUT2D eigenvalue weighted by Crippen LogP contribution is -2.47. The largest absolute Gasteiger partial charge is 0.480 e. The number of aliphatic carboxylic acids is 1. The van der Waals surface area contributed by atoms with Gasteiger partial charge in [0.2, 0.25) is 0 Å². The number of carboxylic acid groups (broad SMARTS) is 1. The molecule has 0 aromatic heterocycles. The van der Waals surface area contributed by atoms with Gasteiger partial charge in [0, 0.05) is 5.92 Å². The topological polar surface area (TPSA) is 75.6 Å². The maximum Gasteiger partial charge on any atom is 0.407 e. The van der Waals surface area contributed by atoms with Crippen molar-refractivity contribution in [3.63, 3.8) is 0 Å². The molecular weight excluding hydrogens is 210 g/mol. The van der Waals surface area contributed by atoms with Crippen molar-refractivity contribution in [3.05, 3.63) is 24.3 Å². The zero-order valence-electron chi connectivity index (χ0n) is 9.21. The number of carbonyl (C=O) groups excluding carboxylic acids is 1. The third kappa shape index (κ3) is 2.85. The lowest BCUT2D eigenvalue weighted by Gasteiger charge is -2.26. The molecule has 0 saturated heterocycles. The third-order valence-corrected chi connectivity index (χ3v) is 2.58. The summed E-state index contributed by atoms with van der Waals surface area (Å²) in [4.78, 5) is 22.1. The number of methoxy groups -OCH3 is 1. The molecule has 0 heterocycles. The standard InChI is InChI=1S/C11H15NO4/c1-7-5-3-4-6-8(7)9(10(13)14)12-11(15)16-2/h3-9H,1-2H3,(H,12,15)(H,13,14)/t7?,8?,9-/m1/s1. The summed E-state index contributed by atoms with van der Waals surface area (Å²) in [6.45, 7) is 1.90. The molecule has 1 aliphatic rings. The Morgan fingerprint density at radius 1 is 1.38 bits per heavy atom. The summed E-state index contributed by atoms with van der Waals surface area (Å²) in [5.74, 6) is -1.27. The molecule has 0 spiro atoms. The monoisotopic (exact) mass is 225 g/mol. The Morgan fingerprint density at radius 3 is 2.50 bits per heavy atom. The number of alkyl carbamates (subject to hydrolysis) is 1. The van der Waals surface area contributed by atoms with Gasteiger partial charge in [-0.2, -0.15) is 0 Å². The number of ether oxygens (including phenoxy) is 1. The van der Waals surface area contributed by atoms with Crippen LogP contribution >= 0.6 is 0 Å². The highest BCUT2D eigenvalue weighted by molar-refractivity contribution is 5.80. The molecule has 3 atom stereocenters. The molecular formula is C11H15NO4. The predicted octanol–water partition coefficient (Wildman–Crippen LogP) is 1.17. The molecule has 2 N–H and O–H groups in total. The molecule has 0 radical (unpaired) electrons. The molecule has 88 valence electrons. The van der Waals surface area contributed by atoms with Crippen LogP contribution in [0.1, 0.15) is 6.92 Å². The molecule has 16 heavy (non-hydrogen) atoms. The first-order valence-corrected chi connectivity index (χ1v) is 4.98. The Bertz CT molecular complexity index is 335. The van der Waals surface area contributed by atoms with Crippen molar-refractivity contribution < 1.29 is 19.4 Å². The van der Waals surface area contributed by atoms with E-state index in [1.807, 2.05) is 19.1 Å². The van der Waals surface area contributed by atoms with Gasteiger partial charge in [0.1, 0.15) is 6.04 Å². The predicted molar refractivity (Wildman–Crippen MR) is 57.9 cm³/mol. The van der Waals surface area contributed by atoms with E-state index in [-0.39, 0.29) is 11.8 Å². The second-order valence-corrected chi connectivity index (χ2v) is 3.66. The minimum atomic E-state index is -1.07. The third-order valence-electron chi connectivity index (χ3n) is 2.58. The van der Waals surface area contributed by atoms with Crippen molar-refractivity contribution in [1.82, 2.24) is 5.32 Å². The SMILES string of the molecule is COC(=O)N[C@@H](C(=O)O)C1C=CC=CC1C. The maximum atomic E-state index is 11.1. The Hall–Kier alpha value is -1.78. The normalized spacial score (nSPS) is 24.9. The van der Waals surface area contributed by atoms with Gasteiger partial charge >= 0.3 is 12.1 Å². The van der Waals surface area contributed by atoms with Crippen molar-refractivity contribution >= 4 is 12.1 Å². The van der Waals surface area contributed by atoms with Crippen LogP contribution in [0.25, 0.3) is 0 Å². The lowest BCUT2D eigenvalue weighted by atomic mass is 9.84. The van der Waals surface area contributed by atoms with Gasteiger partial charge < -0.3 is 15.2 Å². The second kappa shape index (κ2) is 5.34. The quantitative estimate of drug-likeness (QED) is 0.756. The molecule has 1 amide bonds. The Morgan fingerprint density at radius 2 is 2.00 bits per heavy atom. The van der Waals surface area contributed by atoms with Crippen LogP contribution in [0, 0.1) is 11.8 Å². The summed E-state index contributed by atoms with van der Waals surface area (Å²) in [6.07, 6.45) is 6.58. The number of amides is 1. The minimum absolute atomic E-state index is 0.0586. The fraction of sp³-hybridized carbons (Fsp3) is 0.455. The lowest BCUT2D eigenvalue weighted by molar-refractivity contribution is -0.140. The number of rotatable bonds is 3. The van der Waals surface area contributed by atoms with E-state index >= 15 is 0 Å². The number of hydrogen-bond acceptors (Lipinski definition) is 3. The molecule has 5 heteroatoms. The average molecular weight is 225 g/mol. The minimum Gasteiger partial charge on any atom is -0.480 e. The van der Waals surface area contributed by atoms with Gasteiger partial charge in [-0.15, -0.1) is 0 Å². The highest BCUT2D eigenvalue weighted by Crippen LogP contribution is 2.22. The van der Waals surface area contributed by atoms with E-state index in [1.165, 1.54) is 7.11 Å². The highest BCUT2D eigenvalue weighted by atomic mass is 16.5. The van der Waals surface area contributed by atoms with Crippen LogP contribution in [0.5, 0.6) is 0 Å². The average Bonchev–Trinajstić information content (AvgIpc) is 2.26. The number of nitrogens with one attached hydrogen (secondary N) is 1. The first kappa shape index (κ1) is 12.3. The van der Waals surface area contributed by atoms with E-state index in [0.29, 0.717) is 0 Å². The fourth-order valence-electron chi connectivity index (χ4n) is 1.66. The Labute approximate surface area is 93.8 Å². The molecule has 0 saturated carbocycles. The molecule has 0 bridgehead atoms. The second-order valence-electron chi connectivity index (χ2n) is 3.66. The van der Waals surface area contributed by atoms with Gasteiger partial charge in [-0.25, -0.2) is 9.59 Å². The smallest absolute Gasteiger partial charge is 0.407 e. The molecule has 0 fully saturated rings. The Balaban J connectivity index is 2.77. The van der Waals surface area contributed by atoms with Crippen molar-refractivity contribution in [2.75, 3.05) is 7.11 Å². The van der Waals surface area contributed by atoms with Crippen molar-refractivity contribution in [1.29, 1.82) is 0 Å². The van der Waals surface area contributed by atoms with Crippen LogP contribution in [0.3, 0.4) is 0 Å². The van der Waals surface area contributed by atoms with Crippen LogP contribution in [0.15, 0.2) is 24.3 Å². The zero-order valence-corrected chi connectivity index (χ0v) is 9.21. The van der Waals surface area contributed by atoms with Crippen LogP contribution in [0.2, 0.25) is 0 Å². The van der Waals surface area contributed by atoms with E-state index in [0.717, 1.165) is 0 Å². The molecule has 1 rings (SSSR count). The van der Waals surface area contributed by atoms with Crippen molar-refractivity contribution in [2.45, 2.75) is 13.0 Å². The first-order chi connectivity index (χ1) is 7.56. The highest BCUT2D eigenvalue weighted by Gasteiger charge is 2.31. The van der Waals surface area contributed by atoms with Gasteiger partial charge in [-0.05, 0) is 5.92 Å². The summed E-state index contributed by atoms with van der Waals surface area (Å²) in [6, 6.07) is -0.969. The molecule has 2 unspecified atom stereocenters. The number of hydrogen-bond donors (Lipinski definition) is 2. The summed E-state index contributed by atoms with van der Waals surface area (Å²) < 4.78 is 4.40. The summed E-state index contributed by atoms with van der Waals surface area (Å²) in [5.41, 5.74) is 0.